The van der Waals surface area contributed by atoms with Gasteiger partial charge in [-0.1, -0.05) is 74.2 Å². The molecule has 0 aromatic heterocycles. The normalized spacial score (nSPS) is 11.8. The molecule has 0 unspecified atom stereocenters. The number of nitrogens with zero attached hydrogens (tertiary/aromatic N) is 1. The van der Waals surface area contributed by atoms with Gasteiger partial charge in [-0.25, -0.2) is 0 Å². The lowest BCUT2D eigenvalue weighted by molar-refractivity contribution is 0.303. The first kappa shape index (κ1) is 22.6. The van der Waals surface area contributed by atoms with Gasteiger partial charge >= 0.3 is 0 Å². The first-order valence-electron chi connectivity index (χ1n) is 10.2. The number of hydrogen-bond acceptors (Lipinski definition) is 4. The molecule has 0 aliphatic heterocycles. The van der Waals surface area contributed by atoms with Gasteiger partial charge in [-0.15, -0.1) is 0 Å². The Labute approximate surface area is 170 Å². The van der Waals surface area contributed by atoms with Crippen LogP contribution in [0.25, 0.3) is 0 Å². The third-order valence-electron chi connectivity index (χ3n) is 4.83. The Morgan fingerprint density at radius 2 is 1.43 bits per heavy atom. The second kappa shape index (κ2) is 12.0. The van der Waals surface area contributed by atoms with Gasteiger partial charge < -0.3 is 4.90 Å². The predicted molar refractivity (Wildman–Crippen MR) is 115 cm³/mol. The summed E-state index contributed by atoms with van der Waals surface area (Å²) in [4.78, 5) is 2.63. The summed E-state index contributed by atoms with van der Waals surface area (Å²) >= 11 is 0. The molecule has 0 bridgehead atoms. The molecule has 2 rings (SSSR count). The highest BCUT2D eigenvalue weighted by Crippen LogP contribution is 2.17. The molecule has 0 saturated heterocycles. The lowest BCUT2D eigenvalue weighted by atomic mass is 10.1. The minimum atomic E-state index is -3.63. The lowest BCUT2D eigenvalue weighted by Crippen LogP contribution is -2.18. The molecule has 0 aliphatic carbocycles. The zero-order valence-corrected chi connectivity index (χ0v) is 18.0. The van der Waals surface area contributed by atoms with Crippen LogP contribution in [0.2, 0.25) is 0 Å². The third-order valence-corrected chi connectivity index (χ3v) is 6.30. The van der Waals surface area contributed by atoms with Crippen LogP contribution in [0.3, 0.4) is 0 Å². The van der Waals surface area contributed by atoms with Gasteiger partial charge in [0.15, 0.2) is 0 Å². The minimum absolute atomic E-state index is 0.260. The fourth-order valence-electron chi connectivity index (χ4n) is 3.23. The smallest absolute Gasteiger partial charge is 0.297 e. The van der Waals surface area contributed by atoms with Crippen LogP contribution >= 0.6 is 0 Å². The van der Waals surface area contributed by atoms with Crippen molar-refractivity contribution in [2.24, 2.45) is 0 Å². The standard InChI is InChI=1S/C23H33NO3S/c1-21-14-10-11-17-23(21)28(25,26)27-19-13-6-4-3-5-12-18-24(2)20-22-15-8-7-9-16-22/h7-11,14-17H,3-6,12-13,18-20H2,1-2H3. The molecule has 28 heavy (non-hydrogen) atoms. The van der Waals surface area contributed by atoms with E-state index in [1.807, 2.05) is 12.1 Å². The van der Waals surface area contributed by atoms with Crippen molar-refractivity contribution >= 4 is 10.1 Å². The molecule has 154 valence electrons. The van der Waals surface area contributed by atoms with Crippen molar-refractivity contribution in [3.8, 4) is 0 Å². The fourth-order valence-corrected chi connectivity index (χ4v) is 4.41. The van der Waals surface area contributed by atoms with Gasteiger partial charge in [0.05, 0.1) is 11.5 Å². The topological polar surface area (TPSA) is 46.6 Å². The van der Waals surface area contributed by atoms with Crippen molar-refractivity contribution < 1.29 is 12.6 Å². The summed E-state index contributed by atoms with van der Waals surface area (Å²) in [5.74, 6) is 0. The Balaban J connectivity index is 1.50. The summed E-state index contributed by atoms with van der Waals surface area (Å²) in [6.45, 7) is 4.14. The molecule has 0 aliphatic rings. The highest BCUT2D eigenvalue weighted by molar-refractivity contribution is 7.86. The zero-order valence-electron chi connectivity index (χ0n) is 17.1. The van der Waals surface area contributed by atoms with Crippen molar-refractivity contribution in [3.63, 3.8) is 0 Å². The van der Waals surface area contributed by atoms with Gasteiger partial charge in [-0.2, -0.15) is 8.42 Å². The van der Waals surface area contributed by atoms with E-state index in [1.165, 1.54) is 24.8 Å². The van der Waals surface area contributed by atoms with E-state index < -0.39 is 10.1 Å². The number of aryl methyl sites for hydroxylation is 1. The largest absolute Gasteiger partial charge is 0.302 e. The fraction of sp³-hybridized carbons (Fsp3) is 0.478. The van der Waals surface area contributed by atoms with E-state index in [1.54, 1.807) is 25.1 Å². The van der Waals surface area contributed by atoms with Crippen LogP contribution in [0.1, 0.15) is 49.7 Å². The summed E-state index contributed by atoms with van der Waals surface area (Å²) in [5, 5.41) is 0. The molecule has 2 aromatic rings. The third kappa shape index (κ3) is 8.13. The minimum Gasteiger partial charge on any atom is -0.302 e. The molecule has 0 spiro atoms. The number of unbranched alkanes of at least 4 members (excludes halogenated alkanes) is 5. The molecular formula is C23H33NO3S. The Morgan fingerprint density at radius 3 is 2.14 bits per heavy atom. The van der Waals surface area contributed by atoms with Crippen molar-refractivity contribution in [1.29, 1.82) is 0 Å². The van der Waals surface area contributed by atoms with E-state index in [9.17, 15) is 8.42 Å². The van der Waals surface area contributed by atoms with E-state index in [-0.39, 0.29) is 11.5 Å². The SMILES string of the molecule is Cc1ccccc1S(=O)(=O)OCCCCCCCCN(C)Cc1ccccc1. The van der Waals surface area contributed by atoms with Crippen LogP contribution in [0, 0.1) is 6.92 Å². The number of hydrogen-bond donors (Lipinski definition) is 0. The van der Waals surface area contributed by atoms with E-state index in [4.69, 9.17) is 4.18 Å². The second-order valence-electron chi connectivity index (χ2n) is 7.39. The summed E-state index contributed by atoms with van der Waals surface area (Å²) in [6, 6.07) is 17.5. The first-order chi connectivity index (χ1) is 13.5. The molecule has 0 atom stereocenters. The summed E-state index contributed by atoms with van der Waals surface area (Å²) in [7, 11) is -1.47. The van der Waals surface area contributed by atoms with Gasteiger partial charge in [0.25, 0.3) is 10.1 Å². The van der Waals surface area contributed by atoms with E-state index in [0.717, 1.165) is 37.9 Å². The van der Waals surface area contributed by atoms with Crippen LogP contribution in [0.4, 0.5) is 0 Å². The van der Waals surface area contributed by atoms with Crippen LogP contribution in [0.15, 0.2) is 59.5 Å². The van der Waals surface area contributed by atoms with Gasteiger partial charge in [0, 0.05) is 6.54 Å². The van der Waals surface area contributed by atoms with Crippen LogP contribution in [-0.4, -0.2) is 33.5 Å². The molecule has 0 N–H and O–H groups in total. The van der Waals surface area contributed by atoms with E-state index in [0.29, 0.717) is 0 Å². The molecule has 0 heterocycles. The molecule has 0 radical (unpaired) electrons. The molecular weight excluding hydrogens is 370 g/mol. The second-order valence-corrected chi connectivity index (χ2v) is 8.97. The highest BCUT2D eigenvalue weighted by atomic mass is 32.2. The number of benzene rings is 2. The van der Waals surface area contributed by atoms with Crippen molar-refractivity contribution in [3.05, 3.63) is 65.7 Å². The number of rotatable bonds is 13. The summed E-state index contributed by atoms with van der Waals surface area (Å²) < 4.78 is 29.6. The Hall–Kier alpha value is -1.69. The maximum atomic E-state index is 12.2. The van der Waals surface area contributed by atoms with Gasteiger partial charge in [-0.3, -0.25) is 4.18 Å². The Kier molecular flexibility index (Phi) is 9.68. The first-order valence-corrected chi connectivity index (χ1v) is 11.6. The summed E-state index contributed by atoms with van der Waals surface area (Å²) in [5.41, 5.74) is 2.07. The highest BCUT2D eigenvalue weighted by Gasteiger charge is 2.16. The van der Waals surface area contributed by atoms with Crippen LogP contribution in [0.5, 0.6) is 0 Å². The van der Waals surface area contributed by atoms with Gasteiger partial charge in [-0.05, 0) is 50.6 Å². The Morgan fingerprint density at radius 1 is 0.821 bits per heavy atom. The van der Waals surface area contributed by atoms with Gasteiger partial charge in [0.2, 0.25) is 0 Å². The quantitative estimate of drug-likeness (QED) is 0.342. The predicted octanol–water partition coefficient (Wildman–Crippen LogP) is 5.17. The monoisotopic (exact) mass is 403 g/mol. The lowest BCUT2D eigenvalue weighted by Gasteiger charge is -2.16. The maximum absolute atomic E-state index is 12.2. The average molecular weight is 404 g/mol. The molecule has 0 fully saturated rings. The molecule has 4 nitrogen and oxygen atoms in total. The van der Waals surface area contributed by atoms with Crippen molar-refractivity contribution in [1.82, 2.24) is 4.90 Å². The van der Waals surface area contributed by atoms with Gasteiger partial charge in [0.1, 0.15) is 0 Å². The van der Waals surface area contributed by atoms with Crippen LogP contribution < -0.4 is 0 Å². The average Bonchev–Trinajstić information content (AvgIpc) is 2.67. The van der Waals surface area contributed by atoms with Crippen molar-refractivity contribution in [2.75, 3.05) is 20.2 Å². The maximum Gasteiger partial charge on any atom is 0.297 e. The zero-order chi connectivity index (χ0) is 20.2. The Bertz CT molecular complexity index is 791. The van der Waals surface area contributed by atoms with E-state index in [2.05, 4.69) is 36.2 Å². The molecule has 2 aromatic carbocycles. The molecule has 0 saturated carbocycles. The molecule has 0 amide bonds. The van der Waals surface area contributed by atoms with Crippen molar-refractivity contribution in [2.45, 2.75) is 56.9 Å². The summed E-state index contributed by atoms with van der Waals surface area (Å²) in [6.07, 6.45) is 6.49. The van der Waals surface area contributed by atoms with E-state index >= 15 is 0 Å². The van der Waals surface area contributed by atoms with Crippen LogP contribution in [-0.2, 0) is 20.8 Å². The molecule has 5 heteroatoms.